The first kappa shape index (κ1) is 21.0. The van der Waals surface area contributed by atoms with Gasteiger partial charge in [-0.1, -0.05) is 6.92 Å². The molecular formula is C23H28N4O4. The van der Waals surface area contributed by atoms with Crippen molar-refractivity contribution in [3.05, 3.63) is 58.1 Å². The standard InChI is InChI=1S/C23H28N4O4/c1-17-3-2-10-26(16-17)21-9-4-18(15-22(21)27(30)31)23(29)25-13-11-24(12-14-25)19-5-7-20(28)8-6-19/h4-9,15,17,28H,2-3,10-14,16H2,1H3/t17-/m1/s1. The van der Waals surface area contributed by atoms with E-state index in [0.717, 1.165) is 31.6 Å². The van der Waals surface area contributed by atoms with Gasteiger partial charge in [0, 0.05) is 56.6 Å². The number of nitrogens with zero attached hydrogens (tertiary/aromatic N) is 4. The van der Waals surface area contributed by atoms with Crippen LogP contribution in [0, 0.1) is 16.0 Å². The van der Waals surface area contributed by atoms with Crippen LogP contribution in [-0.2, 0) is 0 Å². The highest BCUT2D eigenvalue weighted by molar-refractivity contribution is 5.96. The third kappa shape index (κ3) is 4.57. The van der Waals surface area contributed by atoms with E-state index in [-0.39, 0.29) is 22.3 Å². The number of aromatic hydroxyl groups is 1. The summed E-state index contributed by atoms with van der Waals surface area (Å²) >= 11 is 0. The normalized spacial score (nSPS) is 19.4. The van der Waals surface area contributed by atoms with Crippen molar-refractivity contribution in [3.8, 4) is 5.75 Å². The van der Waals surface area contributed by atoms with E-state index in [9.17, 15) is 20.0 Å². The number of phenolic OH excluding ortho intramolecular Hbond substituents is 1. The van der Waals surface area contributed by atoms with Gasteiger partial charge < -0.3 is 19.8 Å². The van der Waals surface area contributed by atoms with Gasteiger partial charge in [0.15, 0.2) is 0 Å². The molecule has 8 heteroatoms. The van der Waals surface area contributed by atoms with Crippen molar-refractivity contribution in [1.82, 2.24) is 4.90 Å². The highest BCUT2D eigenvalue weighted by atomic mass is 16.6. The van der Waals surface area contributed by atoms with Crippen molar-refractivity contribution >= 4 is 23.0 Å². The molecule has 1 amide bonds. The molecule has 2 aliphatic rings. The molecule has 4 rings (SSSR count). The quantitative estimate of drug-likeness (QED) is 0.597. The van der Waals surface area contributed by atoms with Crippen molar-refractivity contribution in [3.63, 3.8) is 0 Å². The van der Waals surface area contributed by atoms with Crippen LogP contribution in [0.25, 0.3) is 0 Å². The Hall–Kier alpha value is -3.29. The molecule has 0 radical (unpaired) electrons. The molecule has 164 valence electrons. The van der Waals surface area contributed by atoms with Crippen molar-refractivity contribution in [2.24, 2.45) is 5.92 Å². The number of benzene rings is 2. The minimum Gasteiger partial charge on any atom is -0.508 e. The Bertz CT molecular complexity index is 955. The van der Waals surface area contributed by atoms with E-state index < -0.39 is 0 Å². The molecule has 0 aliphatic carbocycles. The number of piperazine rings is 1. The highest BCUT2D eigenvalue weighted by Crippen LogP contribution is 2.33. The lowest BCUT2D eigenvalue weighted by Gasteiger charge is -2.36. The minimum absolute atomic E-state index is 0.00248. The van der Waals surface area contributed by atoms with Crippen LogP contribution in [0.2, 0.25) is 0 Å². The summed E-state index contributed by atoms with van der Waals surface area (Å²) in [7, 11) is 0. The molecule has 1 atom stereocenters. The Morgan fingerprint density at radius 1 is 1.03 bits per heavy atom. The van der Waals surface area contributed by atoms with Gasteiger partial charge in [0.2, 0.25) is 0 Å². The van der Waals surface area contributed by atoms with Crippen molar-refractivity contribution in [2.75, 3.05) is 49.1 Å². The second-order valence-corrected chi connectivity index (χ2v) is 8.45. The van der Waals surface area contributed by atoms with Gasteiger partial charge >= 0.3 is 0 Å². The van der Waals surface area contributed by atoms with Gasteiger partial charge in [0.25, 0.3) is 11.6 Å². The summed E-state index contributed by atoms with van der Waals surface area (Å²) in [6, 6.07) is 11.9. The molecule has 0 aromatic heterocycles. The smallest absolute Gasteiger partial charge is 0.293 e. The van der Waals surface area contributed by atoms with Crippen molar-refractivity contribution in [2.45, 2.75) is 19.8 Å². The van der Waals surface area contributed by atoms with Crippen LogP contribution in [0.4, 0.5) is 17.1 Å². The van der Waals surface area contributed by atoms with E-state index in [0.29, 0.717) is 43.3 Å². The summed E-state index contributed by atoms with van der Waals surface area (Å²) in [4.78, 5) is 30.4. The molecule has 2 heterocycles. The lowest BCUT2D eigenvalue weighted by Crippen LogP contribution is -2.48. The van der Waals surface area contributed by atoms with Gasteiger partial charge in [-0.25, -0.2) is 0 Å². The Morgan fingerprint density at radius 3 is 2.39 bits per heavy atom. The van der Waals surface area contributed by atoms with E-state index in [2.05, 4.69) is 16.7 Å². The number of rotatable bonds is 4. The fraction of sp³-hybridized carbons (Fsp3) is 0.435. The SMILES string of the molecule is C[C@@H]1CCCN(c2ccc(C(=O)N3CCN(c4ccc(O)cc4)CC3)cc2[N+](=O)[O-])C1. The van der Waals surface area contributed by atoms with Crippen LogP contribution in [0.15, 0.2) is 42.5 Å². The summed E-state index contributed by atoms with van der Waals surface area (Å²) in [5.41, 5.74) is 1.96. The maximum Gasteiger partial charge on any atom is 0.293 e. The summed E-state index contributed by atoms with van der Waals surface area (Å²) in [6.07, 6.45) is 2.15. The number of carbonyl (C=O) groups is 1. The zero-order valence-corrected chi connectivity index (χ0v) is 17.7. The molecular weight excluding hydrogens is 396 g/mol. The van der Waals surface area contributed by atoms with E-state index >= 15 is 0 Å². The molecule has 0 saturated carbocycles. The summed E-state index contributed by atoms with van der Waals surface area (Å²) < 4.78 is 0. The highest BCUT2D eigenvalue weighted by Gasteiger charge is 2.27. The Kier molecular flexibility index (Phi) is 5.97. The third-order valence-electron chi connectivity index (χ3n) is 6.20. The molecule has 0 bridgehead atoms. The first-order valence-electron chi connectivity index (χ1n) is 10.8. The number of amides is 1. The molecule has 2 aliphatic heterocycles. The number of carbonyl (C=O) groups excluding carboxylic acids is 1. The molecule has 1 N–H and O–H groups in total. The van der Waals surface area contributed by atoms with Crippen LogP contribution in [0.3, 0.4) is 0 Å². The van der Waals surface area contributed by atoms with Crippen LogP contribution in [0.1, 0.15) is 30.1 Å². The lowest BCUT2D eigenvalue weighted by atomic mass is 9.99. The van der Waals surface area contributed by atoms with E-state index in [4.69, 9.17) is 0 Å². The van der Waals surface area contributed by atoms with Gasteiger partial charge in [-0.2, -0.15) is 0 Å². The summed E-state index contributed by atoms with van der Waals surface area (Å²) in [5.74, 6) is 0.549. The van der Waals surface area contributed by atoms with E-state index in [1.807, 2.05) is 12.1 Å². The lowest BCUT2D eigenvalue weighted by molar-refractivity contribution is -0.384. The number of hydrogen-bond acceptors (Lipinski definition) is 6. The van der Waals surface area contributed by atoms with Gasteiger partial charge in [-0.3, -0.25) is 14.9 Å². The number of piperidine rings is 1. The average molecular weight is 425 g/mol. The Labute approximate surface area is 181 Å². The molecule has 0 unspecified atom stereocenters. The first-order valence-corrected chi connectivity index (χ1v) is 10.8. The molecule has 2 aromatic carbocycles. The summed E-state index contributed by atoms with van der Waals surface area (Å²) in [6.45, 7) is 6.18. The van der Waals surface area contributed by atoms with Gasteiger partial charge in [0.05, 0.1) is 4.92 Å². The third-order valence-corrected chi connectivity index (χ3v) is 6.20. The van der Waals surface area contributed by atoms with Crippen molar-refractivity contribution < 1.29 is 14.8 Å². The number of nitro groups is 1. The maximum absolute atomic E-state index is 13.0. The van der Waals surface area contributed by atoms with Crippen LogP contribution >= 0.6 is 0 Å². The number of phenols is 1. The van der Waals surface area contributed by atoms with Gasteiger partial charge in [-0.15, -0.1) is 0 Å². The molecule has 0 spiro atoms. The number of nitro benzene ring substituents is 1. The predicted molar refractivity (Wildman–Crippen MR) is 120 cm³/mol. The predicted octanol–water partition coefficient (Wildman–Crippen LogP) is 3.50. The summed E-state index contributed by atoms with van der Waals surface area (Å²) in [5, 5.41) is 21.2. The average Bonchev–Trinajstić information content (AvgIpc) is 2.79. The van der Waals surface area contributed by atoms with Crippen LogP contribution < -0.4 is 9.80 Å². The molecule has 2 saturated heterocycles. The second kappa shape index (κ2) is 8.83. The molecule has 8 nitrogen and oxygen atoms in total. The van der Waals surface area contributed by atoms with E-state index in [1.165, 1.54) is 6.07 Å². The fourth-order valence-corrected chi connectivity index (χ4v) is 4.49. The fourth-order valence-electron chi connectivity index (χ4n) is 4.49. The molecule has 2 aromatic rings. The maximum atomic E-state index is 13.0. The molecule has 2 fully saturated rings. The van der Waals surface area contributed by atoms with Crippen LogP contribution in [-0.4, -0.2) is 60.1 Å². The Balaban J connectivity index is 1.46. The monoisotopic (exact) mass is 424 g/mol. The van der Waals surface area contributed by atoms with Gasteiger partial charge in [0.1, 0.15) is 11.4 Å². The van der Waals surface area contributed by atoms with Gasteiger partial charge in [-0.05, 0) is 55.2 Å². The zero-order chi connectivity index (χ0) is 22.0. The van der Waals surface area contributed by atoms with Crippen molar-refractivity contribution in [1.29, 1.82) is 0 Å². The second-order valence-electron chi connectivity index (χ2n) is 8.45. The Morgan fingerprint density at radius 2 is 1.74 bits per heavy atom. The van der Waals surface area contributed by atoms with E-state index in [1.54, 1.807) is 29.2 Å². The zero-order valence-electron chi connectivity index (χ0n) is 17.7. The van der Waals surface area contributed by atoms with Crippen LogP contribution in [0.5, 0.6) is 5.75 Å². The topological polar surface area (TPSA) is 90.2 Å². The number of anilines is 2. The number of hydrogen-bond donors (Lipinski definition) is 1. The first-order chi connectivity index (χ1) is 14.9. The largest absolute Gasteiger partial charge is 0.508 e. The minimum atomic E-state index is -0.381. The molecule has 31 heavy (non-hydrogen) atoms.